The van der Waals surface area contributed by atoms with Crippen molar-refractivity contribution in [1.29, 1.82) is 0 Å². The third kappa shape index (κ3) is 11.7. The number of aromatic nitrogens is 10. The maximum atomic E-state index is 14.4. The molecule has 3 aliphatic heterocycles. The van der Waals surface area contributed by atoms with E-state index in [4.69, 9.17) is 44.0 Å². The largest absolute Gasteiger partial charge is 0.479 e. The minimum atomic E-state index is -5.76. The van der Waals surface area contributed by atoms with E-state index >= 15 is 0 Å². The monoisotopic (exact) mass is 1160 g/mol. The van der Waals surface area contributed by atoms with Crippen LogP contribution >= 0.6 is 30.6 Å². The first kappa shape index (κ1) is 57.2. The number of aliphatic hydroxyl groups excluding tert-OH is 3. The Morgan fingerprint density at radius 2 is 1.54 bits per heavy atom. The number of aromatic amines is 2. The van der Waals surface area contributed by atoms with Gasteiger partial charge < -0.3 is 79.3 Å². The van der Waals surface area contributed by atoms with Gasteiger partial charge in [0.15, 0.2) is 36.2 Å². The Labute approximate surface area is 424 Å². The van der Waals surface area contributed by atoms with Gasteiger partial charge in [-0.15, -0.1) is 0 Å². The van der Waals surface area contributed by atoms with Gasteiger partial charge in [-0.05, 0) is 0 Å². The molecule has 76 heavy (non-hydrogen) atoms. The molecule has 40 heteroatoms. The predicted octanol–water partition coefficient (Wildman–Crippen LogP) is -3.96. The van der Waals surface area contributed by atoms with Crippen LogP contribution in [0, 0.1) is 5.92 Å². The van der Waals surface area contributed by atoms with E-state index in [1.165, 1.54) is 46.1 Å². The van der Waals surface area contributed by atoms with Crippen LogP contribution in [-0.4, -0.2) is 185 Å². The normalized spacial score (nSPS) is 30.0. The highest BCUT2D eigenvalue weighted by molar-refractivity contribution is 7.74. The second kappa shape index (κ2) is 21.7. The number of nitrogens with one attached hydrogen (secondary N) is 2. The second-order valence-corrected chi connectivity index (χ2v) is 25.6. The smallest absolute Gasteiger partial charge is 0.387 e. The van der Waals surface area contributed by atoms with Gasteiger partial charge in [-0.2, -0.15) is 0 Å². The van der Waals surface area contributed by atoms with Crippen molar-refractivity contribution in [2.75, 3.05) is 58.4 Å². The molecule has 0 saturated carbocycles. The molecule has 0 radical (unpaired) electrons. The lowest BCUT2D eigenvalue weighted by molar-refractivity contribution is -0.745. The number of carbonyl (C=O) groups is 1. The summed E-state index contributed by atoms with van der Waals surface area (Å²) in [7, 11) is -16.9. The van der Waals surface area contributed by atoms with E-state index in [1.807, 2.05) is 4.98 Å². The summed E-state index contributed by atoms with van der Waals surface area (Å²) >= 11 is 0. The summed E-state index contributed by atoms with van der Waals surface area (Å²) in [5.74, 6) is -4.04. The van der Waals surface area contributed by atoms with Crippen molar-refractivity contribution in [3.63, 3.8) is 0 Å². The van der Waals surface area contributed by atoms with Crippen molar-refractivity contribution in [2.24, 2.45) is 13.0 Å². The van der Waals surface area contributed by atoms with Gasteiger partial charge in [0.1, 0.15) is 54.1 Å². The van der Waals surface area contributed by atoms with Crippen LogP contribution in [0.2, 0.25) is 0 Å². The Bertz CT molecular complexity index is 3390. The number of phosphoric acid groups is 1. The van der Waals surface area contributed by atoms with E-state index in [2.05, 4.69) is 29.2 Å². The van der Waals surface area contributed by atoms with Gasteiger partial charge in [0.05, 0.1) is 39.3 Å². The molecule has 5 aromatic rings. The molecule has 3 aliphatic rings. The number of anilines is 2. The van der Waals surface area contributed by atoms with Gasteiger partial charge in [0, 0.05) is 45.8 Å². The molecule has 3 saturated heterocycles. The molecule has 8 rings (SSSR count). The molecular formula is C36H52N13O23P4+. The van der Waals surface area contributed by atoms with Gasteiger partial charge in [0.2, 0.25) is 17.7 Å². The second-order valence-electron chi connectivity index (χ2n) is 17.8. The molecule has 418 valence electrons. The lowest BCUT2D eigenvalue weighted by Crippen LogP contribution is -2.45. The molecule has 8 heterocycles. The molecule has 16 atom stereocenters. The van der Waals surface area contributed by atoms with Crippen LogP contribution in [0.3, 0.4) is 0 Å². The summed E-state index contributed by atoms with van der Waals surface area (Å²) in [5, 5.41) is 33.0. The number of carbonyl (C=O) groups excluding carboxylic acids is 1. The number of hydrogen-bond acceptors (Lipinski definition) is 25. The number of amides is 1. The van der Waals surface area contributed by atoms with Crippen LogP contribution in [0.15, 0.2) is 45.6 Å². The maximum absolute atomic E-state index is 14.4. The van der Waals surface area contributed by atoms with E-state index in [0.717, 1.165) is 36.6 Å². The van der Waals surface area contributed by atoms with E-state index < -0.39 is 158 Å². The number of imidazole rings is 2. The van der Waals surface area contributed by atoms with Crippen molar-refractivity contribution in [3.8, 4) is 0 Å². The lowest BCUT2D eigenvalue weighted by atomic mass is 9.94. The Morgan fingerprint density at radius 3 is 2.22 bits per heavy atom. The molecule has 0 aliphatic carbocycles. The molecule has 0 bridgehead atoms. The fourth-order valence-electron chi connectivity index (χ4n) is 8.89. The number of rotatable bonds is 20. The highest BCUT2D eigenvalue weighted by Crippen LogP contribution is 2.67. The van der Waals surface area contributed by atoms with Crippen molar-refractivity contribution in [2.45, 2.75) is 73.5 Å². The summed E-state index contributed by atoms with van der Waals surface area (Å²) in [5.41, 5.74) is 7.31. The SMILES string of the molecule is CO[C@@H]1[C@H](P(=O)(O)OC[C@H]2O[C@@H](n3ccc(=O)[nH]c3=O)[C@H](O)[C@@H]2O)[C@@H](COP(=O)(O)CP(=O)(O)OP(=O)(O)OC[C@H]2OC([n+]3cn(C)c4c(=O)[nH]c(N)nc43)[C@H](O)[C@@H]2CC(=O)N(C)C)O[C@H]1n1cnc2c(N)ncnc21. The van der Waals surface area contributed by atoms with Crippen LogP contribution in [0.4, 0.5) is 11.8 Å². The first-order valence-electron chi connectivity index (χ1n) is 22.2. The van der Waals surface area contributed by atoms with E-state index in [9.17, 15) is 72.3 Å². The fourth-order valence-corrected chi connectivity index (χ4v) is 15.6. The first-order chi connectivity index (χ1) is 35.5. The van der Waals surface area contributed by atoms with Crippen LogP contribution in [0.25, 0.3) is 22.3 Å². The van der Waals surface area contributed by atoms with Crippen LogP contribution in [0.5, 0.6) is 0 Å². The van der Waals surface area contributed by atoms with Gasteiger partial charge in [0.25, 0.3) is 17.1 Å². The Hall–Kier alpha value is -5.03. The van der Waals surface area contributed by atoms with Crippen LogP contribution < -0.4 is 32.8 Å². The minimum Gasteiger partial charge on any atom is -0.387 e. The van der Waals surface area contributed by atoms with E-state index in [1.54, 1.807) is 0 Å². The van der Waals surface area contributed by atoms with Crippen molar-refractivity contribution in [3.05, 3.63) is 62.4 Å². The van der Waals surface area contributed by atoms with Gasteiger partial charge in [-0.1, -0.05) is 4.98 Å². The third-order valence-corrected chi connectivity index (χ3v) is 20.1. The number of ether oxygens (including phenoxy) is 4. The summed E-state index contributed by atoms with van der Waals surface area (Å²) in [6, 6.07) is 0.931. The number of hydrogen-bond donors (Lipinski definition) is 11. The molecule has 0 aromatic carbocycles. The summed E-state index contributed by atoms with van der Waals surface area (Å²) < 4.78 is 102. The number of aliphatic hydroxyl groups is 3. The average molecular weight is 1160 g/mol. The van der Waals surface area contributed by atoms with E-state index in [0.29, 0.717) is 0 Å². The standard InChI is InChI=1S/C36H51N13O23P4/c1-45(2)20(51)7-15-16(69-32(23(15)52)49-13-46(3)22-30(49)43-35(38)44-31(22)55)8-68-76(63,64)72-74(59,60)14-73(57,58)66-10-18-27(26(65-4)34(71-18)48-12-41-21-28(37)39-11-40-29(21)48)75(61,62)67-9-17-24(53)25(54)33(70-17)47-6-5-19(50)42-36(47)56/h5-6,11-13,15-18,23-27,32-34,52-54H,7-10,14H2,1-4H3,(H9-,37,38,39,40,42,43,44,50,55,56,57,58,59,60,61,62,63,64)/p+1/t15-,16-,17-,18-,23-,24-,25-,26-,27-,32?,33-,34-/m1/s1. The number of nitrogen functional groups attached to an aromatic ring is 2. The van der Waals surface area contributed by atoms with Gasteiger partial charge in [-0.3, -0.25) is 56.3 Å². The zero-order valence-electron chi connectivity index (χ0n) is 40.0. The van der Waals surface area contributed by atoms with Gasteiger partial charge in [-0.25, -0.2) is 33.2 Å². The number of methoxy groups -OCH3 is 1. The first-order valence-corrected chi connectivity index (χ1v) is 28.9. The number of nitrogens with zero attached hydrogens (tertiary/aromatic N) is 9. The Balaban J connectivity index is 0.969. The van der Waals surface area contributed by atoms with E-state index in [-0.39, 0.29) is 34.1 Å². The van der Waals surface area contributed by atoms with Crippen LogP contribution in [0.1, 0.15) is 25.1 Å². The molecule has 1 amide bonds. The lowest BCUT2D eigenvalue weighted by Gasteiger charge is -2.28. The molecule has 5 aromatic heterocycles. The number of fused-ring (bicyclic) bond motifs is 2. The maximum Gasteiger partial charge on any atom is 0.479 e. The van der Waals surface area contributed by atoms with Crippen molar-refractivity contribution >= 4 is 70.6 Å². The number of phosphoric ester groups is 1. The average Bonchev–Trinajstić information content (AvgIpc) is 4.13. The Morgan fingerprint density at radius 1 is 0.855 bits per heavy atom. The highest BCUT2D eigenvalue weighted by Gasteiger charge is 2.58. The summed E-state index contributed by atoms with van der Waals surface area (Å²) in [6.07, 6.45) is -12.3. The topological polar surface area (TPSA) is 509 Å². The molecule has 3 fully saturated rings. The molecular weight excluding hydrogens is 1110 g/mol. The fraction of sp³-hybridized carbons (Fsp3) is 0.583. The molecule has 36 nitrogen and oxygen atoms in total. The van der Waals surface area contributed by atoms with Crippen LogP contribution in [-0.2, 0) is 66.9 Å². The molecule has 0 spiro atoms. The zero-order valence-corrected chi connectivity index (χ0v) is 43.6. The quantitative estimate of drug-likeness (QED) is 0.0262. The third-order valence-electron chi connectivity index (χ3n) is 12.4. The number of aryl methyl sites for hydroxylation is 1. The Kier molecular flexibility index (Phi) is 16.3. The predicted molar refractivity (Wildman–Crippen MR) is 251 cm³/mol. The molecule has 13 N–H and O–H groups in total. The minimum absolute atomic E-state index is 0.00373. The zero-order chi connectivity index (χ0) is 55.6. The molecule has 5 unspecified atom stereocenters. The summed E-state index contributed by atoms with van der Waals surface area (Å²) in [6.45, 7) is -3.18. The van der Waals surface area contributed by atoms with Crippen molar-refractivity contribution < 1.29 is 99.3 Å². The summed E-state index contributed by atoms with van der Waals surface area (Å²) in [4.78, 5) is 115. The van der Waals surface area contributed by atoms with Crippen molar-refractivity contribution in [1.82, 2.24) is 48.5 Å². The number of H-pyrrole nitrogens is 2. The number of nitrogens with two attached hydrogens (primary N) is 2. The highest BCUT2D eigenvalue weighted by atomic mass is 31.3. The van der Waals surface area contributed by atoms with Gasteiger partial charge >= 0.3 is 41.9 Å².